The van der Waals surface area contributed by atoms with Gasteiger partial charge in [-0.25, -0.2) is 9.97 Å². The molecule has 0 spiro atoms. The van der Waals surface area contributed by atoms with Crippen molar-refractivity contribution in [1.29, 1.82) is 0 Å². The molecule has 2 aromatic heterocycles. The van der Waals surface area contributed by atoms with Crippen molar-refractivity contribution in [3.63, 3.8) is 0 Å². The molecule has 0 bridgehead atoms. The SMILES string of the molecule is CCSc1nc(NCCO)c2c3c(sc2n1)CO[C@@](C)(CC)C3. The van der Waals surface area contributed by atoms with Gasteiger partial charge in [-0.1, -0.05) is 25.6 Å². The molecule has 23 heavy (non-hydrogen) atoms. The Morgan fingerprint density at radius 3 is 2.91 bits per heavy atom. The smallest absolute Gasteiger partial charge is 0.190 e. The first-order chi connectivity index (χ1) is 11.1. The first-order valence-electron chi connectivity index (χ1n) is 8.04. The number of ether oxygens (including phenoxy) is 1. The number of anilines is 1. The molecule has 3 heterocycles. The Morgan fingerprint density at radius 2 is 2.22 bits per heavy atom. The standard InChI is InChI=1S/C16H23N3O2S2/c1-4-16(3)8-10-11(9-21-16)23-14-12(10)13(17-6-7-20)18-15(19-14)22-5-2/h20H,4-9H2,1-3H3,(H,17,18,19)/t16-/m0/s1. The Bertz CT molecular complexity index is 704. The lowest BCUT2D eigenvalue weighted by molar-refractivity contribution is -0.0542. The molecule has 0 fully saturated rings. The summed E-state index contributed by atoms with van der Waals surface area (Å²) in [7, 11) is 0. The van der Waals surface area contributed by atoms with Gasteiger partial charge in [0.1, 0.15) is 10.6 Å². The van der Waals surface area contributed by atoms with Gasteiger partial charge in [0.25, 0.3) is 0 Å². The third-order valence-electron chi connectivity index (χ3n) is 4.24. The summed E-state index contributed by atoms with van der Waals surface area (Å²) in [4.78, 5) is 11.7. The number of hydrogen-bond acceptors (Lipinski definition) is 7. The van der Waals surface area contributed by atoms with Gasteiger partial charge in [-0.05, 0) is 24.7 Å². The van der Waals surface area contributed by atoms with Crippen LogP contribution in [-0.4, -0.2) is 39.6 Å². The molecule has 5 nitrogen and oxygen atoms in total. The van der Waals surface area contributed by atoms with Gasteiger partial charge in [-0.15, -0.1) is 11.3 Å². The quantitative estimate of drug-likeness (QED) is 0.612. The van der Waals surface area contributed by atoms with Crippen LogP contribution in [0.15, 0.2) is 5.16 Å². The van der Waals surface area contributed by atoms with Crippen LogP contribution in [0.5, 0.6) is 0 Å². The second-order valence-electron chi connectivity index (χ2n) is 5.89. The second kappa shape index (κ2) is 6.93. The van der Waals surface area contributed by atoms with Crippen molar-refractivity contribution < 1.29 is 9.84 Å². The van der Waals surface area contributed by atoms with E-state index in [1.807, 2.05) is 0 Å². The highest BCUT2D eigenvalue weighted by molar-refractivity contribution is 7.99. The van der Waals surface area contributed by atoms with E-state index in [0.29, 0.717) is 13.2 Å². The highest BCUT2D eigenvalue weighted by Crippen LogP contribution is 2.42. The van der Waals surface area contributed by atoms with Crippen molar-refractivity contribution in [3.8, 4) is 0 Å². The molecule has 126 valence electrons. The fourth-order valence-electron chi connectivity index (χ4n) is 2.78. The maximum atomic E-state index is 9.15. The van der Waals surface area contributed by atoms with Crippen LogP contribution in [0.3, 0.4) is 0 Å². The summed E-state index contributed by atoms with van der Waals surface area (Å²) in [6.07, 6.45) is 1.87. The minimum Gasteiger partial charge on any atom is -0.395 e. The van der Waals surface area contributed by atoms with Gasteiger partial charge < -0.3 is 15.2 Å². The number of thioether (sulfide) groups is 1. The maximum Gasteiger partial charge on any atom is 0.190 e. The van der Waals surface area contributed by atoms with Gasteiger partial charge in [0.15, 0.2) is 5.16 Å². The molecule has 7 heteroatoms. The zero-order chi connectivity index (χ0) is 16.4. The van der Waals surface area contributed by atoms with E-state index in [1.54, 1.807) is 23.1 Å². The van der Waals surface area contributed by atoms with E-state index in [9.17, 15) is 0 Å². The Morgan fingerprint density at radius 1 is 1.39 bits per heavy atom. The van der Waals surface area contributed by atoms with E-state index < -0.39 is 0 Å². The fraction of sp³-hybridized carbons (Fsp3) is 0.625. The van der Waals surface area contributed by atoms with Gasteiger partial charge in [0, 0.05) is 17.8 Å². The predicted octanol–water partition coefficient (Wildman–Crippen LogP) is 3.45. The van der Waals surface area contributed by atoms with Crippen molar-refractivity contribution in [2.75, 3.05) is 24.2 Å². The molecule has 0 radical (unpaired) electrons. The van der Waals surface area contributed by atoms with Gasteiger partial charge >= 0.3 is 0 Å². The third-order valence-corrected chi connectivity index (χ3v) is 6.07. The molecular formula is C16H23N3O2S2. The second-order valence-corrected chi connectivity index (χ2v) is 8.21. The molecule has 1 aliphatic rings. The molecule has 0 aliphatic carbocycles. The summed E-state index contributed by atoms with van der Waals surface area (Å²) in [5, 5.41) is 14.3. The Balaban J connectivity index is 2.11. The maximum absolute atomic E-state index is 9.15. The van der Waals surface area contributed by atoms with Crippen LogP contribution in [0.2, 0.25) is 0 Å². The average Bonchev–Trinajstić information content (AvgIpc) is 2.90. The molecule has 2 N–H and O–H groups in total. The average molecular weight is 354 g/mol. The van der Waals surface area contributed by atoms with Crippen molar-refractivity contribution in [2.45, 2.75) is 51.0 Å². The first kappa shape index (κ1) is 17.0. The number of nitrogens with zero attached hydrogens (tertiary/aromatic N) is 2. The molecule has 1 aliphatic heterocycles. The number of nitrogens with one attached hydrogen (secondary N) is 1. The van der Waals surface area contributed by atoms with Gasteiger partial charge in [-0.2, -0.15) is 0 Å². The van der Waals surface area contributed by atoms with Crippen LogP contribution in [0, 0.1) is 0 Å². The van der Waals surface area contributed by atoms with E-state index >= 15 is 0 Å². The van der Waals surface area contributed by atoms with Crippen molar-refractivity contribution in [3.05, 3.63) is 10.4 Å². The van der Waals surface area contributed by atoms with Crippen LogP contribution in [0.1, 0.15) is 37.6 Å². The number of aliphatic hydroxyl groups is 1. The lowest BCUT2D eigenvalue weighted by Crippen LogP contribution is -2.34. The Hall–Kier alpha value is -0.890. The number of thiophene rings is 1. The number of fused-ring (bicyclic) bond motifs is 3. The van der Waals surface area contributed by atoms with Crippen LogP contribution in [0.25, 0.3) is 10.2 Å². The number of aromatic nitrogens is 2. The molecule has 0 saturated carbocycles. The highest BCUT2D eigenvalue weighted by Gasteiger charge is 2.33. The van der Waals surface area contributed by atoms with Crippen LogP contribution in [-0.2, 0) is 17.8 Å². The molecule has 0 amide bonds. The fourth-order valence-corrected chi connectivity index (χ4v) is 4.51. The number of rotatable bonds is 6. The van der Waals surface area contributed by atoms with Crippen LogP contribution in [0.4, 0.5) is 5.82 Å². The van der Waals surface area contributed by atoms with E-state index in [0.717, 1.165) is 39.8 Å². The predicted molar refractivity (Wildman–Crippen MR) is 96.6 cm³/mol. The summed E-state index contributed by atoms with van der Waals surface area (Å²) in [6.45, 7) is 7.66. The third kappa shape index (κ3) is 3.33. The number of hydrogen-bond donors (Lipinski definition) is 2. The topological polar surface area (TPSA) is 67.3 Å². The molecule has 3 rings (SSSR count). The minimum atomic E-state index is -0.119. The molecule has 2 aromatic rings. The molecule has 0 unspecified atom stereocenters. The van der Waals surface area contributed by atoms with E-state index in [1.165, 1.54) is 10.4 Å². The van der Waals surface area contributed by atoms with E-state index in [4.69, 9.17) is 14.8 Å². The normalized spacial score (nSPS) is 20.7. The molecular weight excluding hydrogens is 330 g/mol. The number of aliphatic hydroxyl groups excluding tert-OH is 1. The van der Waals surface area contributed by atoms with Crippen LogP contribution < -0.4 is 5.32 Å². The van der Waals surface area contributed by atoms with Crippen molar-refractivity contribution >= 4 is 39.1 Å². The highest BCUT2D eigenvalue weighted by atomic mass is 32.2. The summed E-state index contributed by atoms with van der Waals surface area (Å²) in [5.41, 5.74) is 1.20. The zero-order valence-electron chi connectivity index (χ0n) is 13.8. The molecule has 1 atom stereocenters. The van der Waals surface area contributed by atoms with Crippen LogP contribution >= 0.6 is 23.1 Å². The Kier molecular flexibility index (Phi) is 5.10. The van der Waals surface area contributed by atoms with Gasteiger partial charge in [0.05, 0.1) is 24.2 Å². The Labute approximate surface area is 144 Å². The minimum absolute atomic E-state index is 0.0872. The first-order valence-corrected chi connectivity index (χ1v) is 9.84. The molecule has 0 aromatic carbocycles. The lowest BCUT2D eigenvalue weighted by atomic mass is 9.90. The van der Waals surface area contributed by atoms with Gasteiger partial charge in [-0.3, -0.25) is 0 Å². The van der Waals surface area contributed by atoms with E-state index in [2.05, 4.69) is 31.1 Å². The summed E-state index contributed by atoms with van der Waals surface area (Å²) < 4.78 is 6.07. The van der Waals surface area contributed by atoms with Gasteiger partial charge in [0.2, 0.25) is 0 Å². The van der Waals surface area contributed by atoms with Crippen molar-refractivity contribution in [1.82, 2.24) is 9.97 Å². The molecule has 0 saturated heterocycles. The lowest BCUT2D eigenvalue weighted by Gasteiger charge is -2.33. The van der Waals surface area contributed by atoms with Crippen molar-refractivity contribution in [2.24, 2.45) is 0 Å². The summed E-state index contributed by atoms with van der Waals surface area (Å²) in [5.74, 6) is 1.78. The van der Waals surface area contributed by atoms with E-state index in [-0.39, 0.29) is 12.2 Å². The monoisotopic (exact) mass is 353 g/mol. The largest absolute Gasteiger partial charge is 0.395 e. The summed E-state index contributed by atoms with van der Waals surface area (Å²) in [6, 6.07) is 0. The zero-order valence-corrected chi connectivity index (χ0v) is 15.4. The summed E-state index contributed by atoms with van der Waals surface area (Å²) >= 11 is 3.35.